The highest BCUT2D eigenvalue weighted by Gasteiger charge is 2.32. The maximum absolute atomic E-state index is 12.6. The van der Waals surface area contributed by atoms with Gasteiger partial charge in [0, 0.05) is 36.8 Å². The summed E-state index contributed by atoms with van der Waals surface area (Å²) in [6.45, 7) is 3.68. The van der Waals surface area contributed by atoms with Gasteiger partial charge in [-0.3, -0.25) is 9.59 Å². The first-order chi connectivity index (χ1) is 11.1. The average Bonchev–Trinajstić information content (AvgIpc) is 2.61. The van der Waals surface area contributed by atoms with Crippen molar-refractivity contribution in [3.63, 3.8) is 0 Å². The van der Waals surface area contributed by atoms with E-state index < -0.39 is 0 Å². The zero-order chi connectivity index (χ0) is 16.2. The summed E-state index contributed by atoms with van der Waals surface area (Å²) in [6.07, 6.45) is 1.70. The number of hydrogen-bond donors (Lipinski definition) is 0. The van der Waals surface area contributed by atoms with E-state index in [4.69, 9.17) is 16.3 Å². The molecule has 0 bridgehead atoms. The lowest BCUT2D eigenvalue weighted by molar-refractivity contribution is -0.141. The van der Waals surface area contributed by atoms with Crippen LogP contribution in [-0.2, 0) is 9.53 Å². The Morgan fingerprint density at radius 1 is 1.13 bits per heavy atom. The predicted molar refractivity (Wildman–Crippen MR) is 87.5 cm³/mol. The molecule has 0 unspecified atom stereocenters. The van der Waals surface area contributed by atoms with Crippen LogP contribution in [0.4, 0.5) is 0 Å². The molecule has 0 radical (unpaired) electrons. The maximum Gasteiger partial charge on any atom is 0.253 e. The highest BCUT2D eigenvalue weighted by molar-refractivity contribution is 6.30. The molecule has 2 aliphatic heterocycles. The van der Waals surface area contributed by atoms with Crippen molar-refractivity contribution in [2.45, 2.75) is 12.8 Å². The van der Waals surface area contributed by atoms with Gasteiger partial charge in [0.2, 0.25) is 5.91 Å². The molecule has 5 nitrogen and oxygen atoms in total. The van der Waals surface area contributed by atoms with Crippen LogP contribution in [-0.4, -0.2) is 61.0 Å². The number of nitrogens with zero attached hydrogens (tertiary/aromatic N) is 2. The molecule has 1 aromatic carbocycles. The van der Waals surface area contributed by atoms with E-state index >= 15 is 0 Å². The van der Waals surface area contributed by atoms with Crippen molar-refractivity contribution >= 4 is 23.4 Å². The second-order valence-electron chi connectivity index (χ2n) is 6.04. The number of amides is 2. The molecule has 23 heavy (non-hydrogen) atoms. The van der Waals surface area contributed by atoms with Crippen LogP contribution < -0.4 is 0 Å². The van der Waals surface area contributed by atoms with E-state index in [1.807, 2.05) is 4.90 Å². The minimum atomic E-state index is -0.106. The van der Waals surface area contributed by atoms with Gasteiger partial charge in [0.1, 0.15) is 0 Å². The number of likely N-dealkylation sites (tertiary alicyclic amines) is 1. The normalized spacial score (nSPS) is 22.0. The number of halogens is 1. The number of ether oxygens (including phenoxy) is 1. The van der Waals surface area contributed by atoms with Crippen molar-refractivity contribution in [1.82, 2.24) is 9.80 Å². The summed E-state index contributed by atoms with van der Waals surface area (Å²) in [5.74, 6) is -0.00569. The number of rotatable bonds is 2. The van der Waals surface area contributed by atoms with E-state index in [1.54, 1.807) is 29.2 Å². The van der Waals surface area contributed by atoms with E-state index in [2.05, 4.69) is 0 Å². The number of hydrogen-bond acceptors (Lipinski definition) is 3. The molecule has 6 heteroatoms. The lowest BCUT2D eigenvalue weighted by atomic mass is 9.95. The fourth-order valence-electron chi connectivity index (χ4n) is 3.21. The highest BCUT2D eigenvalue weighted by Crippen LogP contribution is 2.22. The standard InChI is InChI=1S/C17H21ClN2O3/c18-15-5-1-3-13(11-15)16(21)20-6-2-4-14(12-20)17(22)19-7-9-23-10-8-19/h1,3,5,11,14H,2,4,6-10,12H2/t14-/m0/s1. The van der Waals surface area contributed by atoms with E-state index in [0.29, 0.717) is 50.0 Å². The van der Waals surface area contributed by atoms with E-state index in [9.17, 15) is 9.59 Å². The second-order valence-corrected chi connectivity index (χ2v) is 6.47. The zero-order valence-electron chi connectivity index (χ0n) is 13.0. The molecular weight excluding hydrogens is 316 g/mol. The third-order valence-corrected chi connectivity index (χ3v) is 4.69. The molecule has 0 aromatic heterocycles. The van der Waals surface area contributed by atoms with Gasteiger partial charge in [-0.1, -0.05) is 17.7 Å². The molecule has 2 saturated heterocycles. The smallest absolute Gasteiger partial charge is 0.253 e. The first kappa shape index (κ1) is 16.3. The molecular formula is C17H21ClN2O3. The fraction of sp³-hybridized carbons (Fsp3) is 0.529. The molecule has 1 aromatic rings. The van der Waals surface area contributed by atoms with Crippen LogP contribution in [0, 0.1) is 5.92 Å². The summed E-state index contributed by atoms with van der Waals surface area (Å²) in [5, 5.41) is 0.550. The van der Waals surface area contributed by atoms with Crippen molar-refractivity contribution in [1.29, 1.82) is 0 Å². The fourth-order valence-corrected chi connectivity index (χ4v) is 3.40. The molecule has 2 heterocycles. The van der Waals surface area contributed by atoms with Crippen LogP contribution in [0.25, 0.3) is 0 Å². The van der Waals surface area contributed by atoms with Crippen LogP contribution in [0.1, 0.15) is 23.2 Å². The molecule has 2 fully saturated rings. The first-order valence-corrected chi connectivity index (χ1v) is 8.44. The number of carbonyl (C=O) groups is 2. The molecule has 0 aliphatic carbocycles. The predicted octanol–water partition coefficient (Wildman–Crippen LogP) is 2.05. The van der Waals surface area contributed by atoms with E-state index in [0.717, 1.165) is 12.8 Å². The Morgan fingerprint density at radius 2 is 1.91 bits per heavy atom. The first-order valence-electron chi connectivity index (χ1n) is 8.06. The Bertz CT molecular complexity index is 587. The largest absolute Gasteiger partial charge is 0.378 e. The number of carbonyl (C=O) groups excluding carboxylic acids is 2. The van der Waals surface area contributed by atoms with Gasteiger partial charge >= 0.3 is 0 Å². The van der Waals surface area contributed by atoms with Crippen molar-refractivity contribution in [2.75, 3.05) is 39.4 Å². The molecule has 0 spiro atoms. The van der Waals surface area contributed by atoms with Gasteiger partial charge in [0.25, 0.3) is 5.91 Å². The topological polar surface area (TPSA) is 49.9 Å². The van der Waals surface area contributed by atoms with Gasteiger partial charge in [-0.05, 0) is 31.0 Å². The zero-order valence-corrected chi connectivity index (χ0v) is 13.8. The molecule has 2 amide bonds. The maximum atomic E-state index is 12.6. The molecule has 1 atom stereocenters. The Labute approximate surface area is 141 Å². The number of piperidine rings is 1. The number of morpholine rings is 1. The minimum Gasteiger partial charge on any atom is -0.378 e. The summed E-state index contributed by atoms with van der Waals surface area (Å²) in [6, 6.07) is 6.97. The average molecular weight is 337 g/mol. The minimum absolute atomic E-state index is 0.0491. The van der Waals surface area contributed by atoms with Crippen LogP contribution in [0.2, 0.25) is 5.02 Å². The highest BCUT2D eigenvalue weighted by atomic mass is 35.5. The molecule has 0 N–H and O–H groups in total. The lowest BCUT2D eigenvalue weighted by Crippen LogP contribution is -2.49. The Morgan fingerprint density at radius 3 is 2.65 bits per heavy atom. The monoisotopic (exact) mass is 336 g/mol. The van der Waals surface area contributed by atoms with Gasteiger partial charge in [0.05, 0.1) is 19.1 Å². The molecule has 124 valence electrons. The number of benzene rings is 1. The van der Waals surface area contributed by atoms with Crippen LogP contribution in [0.15, 0.2) is 24.3 Å². The van der Waals surface area contributed by atoms with Crippen molar-refractivity contribution < 1.29 is 14.3 Å². The summed E-state index contributed by atoms with van der Waals surface area (Å²) in [7, 11) is 0. The summed E-state index contributed by atoms with van der Waals surface area (Å²) < 4.78 is 5.29. The lowest BCUT2D eigenvalue weighted by Gasteiger charge is -2.36. The molecule has 2 aliphatic rings. The van der Waals surface area contributed by atoms with Gasteiger partial charge < -0.3 is 14.5 Å². The third-order valence-electron chi connectivity index (χ3n) is 4.45. The summed E-state index contributed by atoms with van der Waals surface area (Å²) in [4.78, 5) is 28.9. The van der Waals surface area contributed by atoms with Crippen molar-refractivity contribution in [2.24, 2.45) is 5.92 Å². The van der Waals surface area contributed by atoms with Gasteiger partial charge in [0.15, 0.2) is 0 Å². The van der Waals surface area contributed by atoms with E-state index in [-0.39, 0.29) is 17.7 Å². The van der Waals surface area contributed by atoms with Gasteiger partial charge in [-0.15, -0.1) is 0 Å². The van der Waals surface area contributed by atoms with Crippen molar-refractivity contribution in [3.05, 3.63) is 34.9 Å². The SMILES string of the molecule is O=C(c1cccc(Cl)c1)N1CCC[C@H](C(=O)N2CCOCC2)C1. The molecule has 3 rings (SSSR count). The van der Waals surface area contributed by atoms with Crippen LogP contribution >= 0.6 is 11.6 Å². The quantitative estimate of drug-likeness (QED) is 0.830. The Kier molecular flexibility index (Phi) is 5.18. The Hall–Kier alpha value is -1.59. The van der Waals surface area contributed by atoms with Gasteiger partial charge in [-0.2, -0.15) is 0 Å². The molecule has 0 saturated carbocycles. The van der Waals surface area contributed by atoms with E-state index in [1.165, 1.54) is 0 Å². The summed E-state index contributed by atoms with van der Waals surface area (Å²) >= 11 is 5.97. The summed E-state index contributed by atoms with van der Waals surface area (Å²) in [5.41, 5.74) is 0.581. The third kappa shape index (κ3) is 3.85. The Balaban J connectivity index is 1.65. The van der Waals surface area contributed by atoms with Crippen molar-refractivity contribution in [3.8, 4) is 0 Å². The van der Waals surface area contributed by atoms with Gasteiger partial charge in [-0.25, -0.2) is 0 Å². The van der Waals surface area contributed by atoms with Crippen LogP contribution in [0.5, 0.6) is 0 Å². The van der Waals surface area contributed by atoms with Crippen LogP contribution in [0.3, 0.4) is 0 Å². The second kappa shape index (κ2) is 7.32.